The number of carboxylic acid groups (broad SMARTS) is 1. The number of para-hydroxylation sites is 2. The molecule has 2 fully saturated rings. The third-order valence-electron chi connectivity index (χ3n) is 10.9. The number of aromatic nitrogens is 3. The van der Waals surface area contributed by atoms with E-state index < -0.39 is 17.9 Å². The first-order valence-electron chi connectivity index (χ1n) is 18.8. The van der Waals surface area contributed by atoms with Crippen LogP contribution in [0.5, 0.6) is 0 Å². The molecular formula is C42H46ClN7O5. The molecule has 5 atom stereocenters. The maximum Gasteiger partial charge on any atom is 0.308 e. The van der Waals surface area contributed by atoms with Gasteiger partial charge in [0, 0.05) is 60.6 Å². The van der Waals surface area contributed by atoms with Gasteiger partial charge in [0.2, 0.25) is 5.91 Å². The average Bonchev–Trinajstić information content (AvgIpc) is 3.71. The van der Waals surface area contributed by atoms with Crippen LogP contribution in [0.4, 0.5) is 0 Å². The zero-order valence-corrected chi connectivity index (χ0v) is 31.8. The van der Waals surface area contributed by atoms with Crippen LogP contribution in [0.1, 0.15) is 77.9 Å². The summed E-state index contributed by atoms with van der Waals surface area (Å²) < 4.78 is 3.72. The average molecular weight is 764 g/mol. The maximum atomic E-state index is 13.1. The van der Waals surface area contributed by atoms with Crippen molar-refractivity contribution >= 4 is 57.1 Å². The summed E-state index contributed by atoms with van der Waals surface area (Å²) in [5.74, 6) is -2.27. The molecule has 2 aromatic carbocycles. The lowest BCUT2D eigenvalue weighted by Crippen LogP contribution is -2.50. The van der Waals surface area contributed by atoms with Gasteiger partial charge in [-0.05, 0) is 67.6 Å². The van der Waals surface area contributed by atoms with Crippen molar-refractivity contribution < 1.29 is 24.3 Å². The first-order valence-corrected chi connectivity index (χ1v) is 19.2. The number of benzene rings is 2. The number of amides is 3. The van der Waals surface area contributed by atoms with Crippen LogP contribution in [-0.4, -0.2) is 61.0 Å². The Labute approximate surface area is 324 Å². The summed E-state index contributed by atoms with van der Waals surface area (Å²) >= 11 is 5.93. The number of carbonyl (C=O) groups is 4. The molecule has 5 aromatic rings. The number of carbonyl (C=O) groups excluding carboxylic acids is 3. The quantitative estimate of drug-likeness (QED) is 0.127. The van der Waals surface area contributed by atoms with Gasteiger partial charge >= 0.3 is 5.97 Å². The summed E-state index contributed by atoms with van der Waals surface area (Å²) in [7, 11) is 3.72. The van der Waals surface area contributed by atoms with Crippen molar-refractivity contribution in [2.75, 3.05) is 0 Å². The third kappa shape index (κ3) is 9.18. The van der Waals surface area contributed by atoms with E-state index in [2.05, 4.69) is 27.0 Å². The van der Waals surface area contributed by atoms with E-state index in [-0.39, 0.29) is 35.7 Å². The van der Waals surface area contributed by atoms with Crippen LogP contribution in [0.15, 0.2) is 79.0 Å². The monoisotopic (exact) mass is 763 g/mol. The molecule has 1 unspecified atom stereocenters. The number of pyridine rings is 1. The zero-order valence-electron chi connectivity index (χ0n) is 31.0. The van der Waals surface area contributed by atoms with Gasteiger partial charge in [-0.3, -0.25) is 19.2 Å². The van der Waals surface area contributed by atoms with Gasteiger partial charge in [-0.15, -0.1) is 0 Å². The predicted molar refractivity (Wildman–Crippen MR) is 210 cm³/mol. The van der Waals surface area contributed by atoms with Crippen molar-refractivity contribution in [3.63, 3.8) is 0 Å². The molecule has 7 rings (SSSR count). The number of fused-ring (bicyclic) bond motifs is 2. The fraction of sp³-hybridized carbons (Fsp3) is 0.381. The Kier molecular flexibility index (Phi) is 12.5. The minimum absolute atomic E-state index is 0.193. The Morgan fingerprint density at radius 2 is 1.31 bits per heavy atom. The summed E-state index contributed by atoms with van der Waals surface area (Å²) in [6.07, 6.45) is 8.41. The lowest BCUT2D eigenvalue weighted by atomic mass is 9.83. The lowest BCUT2D eigenvalue weighted by molar-refractivity contribution is -0.143. The van der Waals surface area contributed by atoms with E-state index in [9.17, 15) is 29.5 Å². The van der Waals surface area contributed by atoms with E-state index in [1.807, 2.05) is 83.9 Å². The summed E-state index contributed by atoms with van der Waals surface area (Å²) in [5.41, 5.74) is 3.92. The fourth-order valence-corrected chi connectivity index (χ4v) is 8.12. The number of carboxylic acids is 1. The Morgan fingerprint density at radius 1 is 0.800 bits per heavy atom. The number of halogens is 1. The van der Waals surface area contributed by atoms with E-state index in [1.165, 1.54) is 0 Å². The van der Waals surface area contributed by atoms with E-state index in [1.54, 1.807) is 18.3 Å². The van der Waals surface area contributed by atoms with Crippen molar-refractivity contribution in [3.8, 4) is 6.07 Å². The number of hydrogen-bond donors (Lipinski definition) is 4. The Balaban J connectivity index is 0.000000203. The summed E-state index contributed by atoms with van der Waals surface area (Å²) in [6.45, 7) is 0. The smallest absolute Gasteiger partial charge is 0.308 e. The summed E-state index contributed by atoms with van der Waals surface area (Å²) in [4.78, 5) is 54.0. The van der Waals surface area contributed by atoms with Gasteiger partial charge in [0.05, 0.1) is 17.9 Å². The van der Waals surface area contributed by atoms with Crippen molar-refractivity contribution in [2.45, 2.75) is 75.9 Å². The summed E-state index contributed by atoms with van der Waals surface area (Å²) in [6, 6.07) is 23.7. The second-order valence-electron chi connectivity index (χ2n) is 14.5. The van der Waals surface area contributed by atoms with Crippen molar-refractivity contribution in [1.82, 2.24) is 30.1 Å². The maximum absolute atomic E-state index is 13.1. The number of nitriles is 1. The predicted octanol–water partition coefficient (Wildman–Crippen LogP) is 6.32. The molecule has 0 bridgehead atoms. The van der Waals surface area contributed by atoms with Crippen LogP contribution >= 0.6 is 11.6 Å². The van der Waals surface area contributed by atoms with Crippen LogP contribution in [0.3, 0.4) is 0 Å². The largest absolute Gasteiger partial charge is 0.481 e. The number of aryl methyl sites for hydroxylation is 2. The second kappa shape index (κ2) is 17.6. The fourth-order valence-electron chi connectivity index (χ4n) is 7.93. The number of aliphatic carboxylic acids is 1. The van der Waals surface area contributed by atoms with E-state index in [0.29, 0.717) is 35.8 Å². The van der Waals surface area contributed by atoms with Gasteiger partial charge in [-0.25, -0.2) is 4.98 Å². The lowest BCUT2D eigenvalue weighted by Gasteiger charge is -2.31. The minimum atomic E-state index is -0.818. The highest BCUT2D eigenvalue weighted by Crippen LogP contribution is 2.28. The van der Waals surface area contributed by atoms with Crippen LogP contribution < -0.4 is 16.0 Å². The highest BCUT2D eigenvalue weighted by Gasteiger charge is 2.34. The minimum Gasteiger partial charge on any atom is -0.481 e. The molecule has 2 saturated carbocycles. The van der Waals surface area contributed by atoms with Crippen molar-refractivity contribution in [3.05, 3.63) is 101 Å². The normalized spacial score (nSPS) is 20.0. The highest BCUT2D eigenvalue weighted by molar-refractivity contribution is 6.29. The molecule has 13 heteroatoms. The number of hydrogen-bond acceptors (Lipinski definition) is 6. The van der Waals surface area contributed by atoms with Gasteiger partial charge in [-0.1, -0.05) is 73.7 Å². The number of nitrogens with zero attached hydrogens (tertiary/aromatic N) is 4. The Hall–Kier alpha value is -5.67. The Bertz CT molecular complexity index is 2240. The van der Waals surface area contributed by atoms with Gasteiger partial charge in [-0.2, -0.15) is 5.26 Å². The van der Waals surface area contributed by atoms with Crippen molar-refractivity contribution in [1.29, 1.82) is 5.26 Å². The van der Waals surface area contributed by atoms with Gasteiger partial charge < -0.3 is 30.2 Å². The molecule has 12 nitrogen and oxygen atoms in total. The molecule has 286 valence electrons. The molecule has 4 N–H and O–H groups in total. The van der Waals surface area contributed by atoms with Crippen LogP contribution in [-0.2, 0) is 30.1 Å². The SMILES string of the molecule is Cn1c(C(=O)N[C@H]2CCCC[C@H]2C(=O)NC(C#N)Cc2ccnc(Cl)c2)cc2ccccc21.Cn1c(C(=O)N[C@H]2CCCC[C@H]2C(=O)O)cc2ccccc21. The second-order valence-corrected chi connectivity index (χ2v) is 14.8. The zero-order chi connectivity index (χ0) is 39.1. The number of nitrogens with one attached hydrogen (secondary N) is 3. The molecule has 2 aliphatic carbocycles. The molecule has 3 heterocycles. The van der Waals surface area contributed by atoms with Gasteiger partial charge in [0.25, 0.3) is 11.8 Å². The van der Waals surface area contributed by atoms with Gasteiger partial charge in [0.15, 0.2) is 0 Å². The van der Waals surface area contributed by atoms with E-state index in [0.717, 1.165) is 65.9 Å². The van der Waals surface area contributed by atoms with Gasteiger partial charge in [0.1, 0.15) is 22.6 Å². The molecule has 0 spiro atoms. The van der Waals surface area contributed by atoms with Crippen LogP contribution in [0.25, 0.3) is 21.8 Å². The van der Waals surface area contributed by atoms with Crippen LogP contribution in [0, 0.1) is 23.2 Å². The number of rotatable bonds is 9. The summed E-state index contributed by atoms with van der Waals surface area (Å²) in [5, 5.41) is 30.1. The molecule has 3 aromatic heterocycles. The first kappa shape index (κ1) is 39.0. The molecule has 55 heavy (non-hydrogen) atoms. The molecule has 2 aliphatic rings. The highest BCUT2D eigenvalue weighted by atomic mass is 35.5. The van der Waals surface area contributed by atoms with Crippen molar-refractivity contribution in [2.24, 2.45) is 25.9 Å². The topological polar surface area (TPSA) is 171 Å². The molecule has 0 aliphatic heterocycles. The van der Waals surface area contributed by atoms with E-state index in [4.69, 9.17) is 11.6 Å². The standard InChI is InChI=1S/C25H26ClN5O2.C17H20N2O3/c1-31-21-9-5-2-6-17(21)14-22(31)25(33)30-20-8-4-3-7-19(20)24(32)29-18(15-27)12-16-10-11-28-23(26)13-16;1-19-14-9-5-2-6-11(14)10-15(19)16(20)18-13-8-4-3-7-12(13)17(21)22/h2,5-6,9-11,13-14,18-20H,3-4,7-8,12H2,1H3,(H,29,32)(H,30,33);2,5-6,9-10,12-13H,3-4,7-8H2,1H3,(H,18,20)(H,21,22)/t18?,19-,20+;12-,13+/m11/s1. The molecule has 3 amide bonds. The first-order chi connectivity index (χ1) is 26.5. The molecule has 0 saturated heterocycles. The third-order valence-corrected chi connectivity index (χ3v) is 11.1. The van der Waals surface area contributed by atoms with Crippen LogP contribution in [0.2, 0.25) is 5.15 Å². The van der Waals surface area contributed by atoms with E-state index >= 15 is 0 Å². The Morgan fingerprint density at radius 3 is 1.82 bits per heavy atom. The molecule has 0 radical (unpaired) electrons. The molecular weight excluding hydrogens is 718 g/mol.